The lowest BCUT2D eigenvalue weighted by molar-refractivity contribution is 0.299. The number of benzene rings is 1. The smallest absolute Gasteiger partial charge is 0.123 e. The van der Waals surface area contributed by atoms with Gasteiger partial charge < -0.3 is 0 Å². The van der Waals surface area contributed by atoms with Crippen molar-refractivity contribution >= 4 is 15.9 Å². The van der Waals surface area contributed by atoms with Gasteiger partial charge in [0.05, 0.1) is 0 Å². The van der Waals surface area contributed by atoms with E-state index < -0.39 is 0 Å². The van der Waals surface area contributed by atoms with E-state index in [0.717, 1.165) is 30.5 Å². The van der Waals surface area contributed by atoms with Gasteiger partial charge in [0.15, 0.2) is 0 Å². The van der Waals surface area contributed by atoms with Crippen LogP contribution >= 0.6 is 15.9 Å². The molecule has 1 rings (SSSR count). The normalized spacial score (nSPS) is 10.9. The summed E-state index contributed by atoms with van der Waals surface area (Å²) in [5, 5.41) is 0.974. The molecule has 14 heavy (non-hydrogen) atoms. The van der Waals surface area contributed by atoms with Crippen molar-refractivity contribution in [2.24, 2.45) is 0 Å². The van der Waals surface area contributed by atoms with Crippen molar-refractivity contribution in [2.75, 3.05) is 18.4 Å². The molecule has 0 fully saturated rings. The number of hydrogen-bond donors (Lipinski definition) is 0. The van der Waals surface area contributed by atoms with Gasteiger partial charge in [0.1, 0.15) is 5.82 Å². The molecular weight excluding hydrogens is 245 g/mol. The summed E-state index contributed by atoms with van der Waals surface area (Å²) in [5.74, 6) is -0.169. The molecule has 78 valence electrons. The Bertz CT molecular complexity index is 260. The molecule has 0 aliphatic heterocycles. The molecule has 0 saturated carbocycles. The molecule has 0 unspecified atom stereocenters. The first-order valence-electron chi connectivity index (χ1n) is 4.79. The predicted octanol–water partition coefficient (Wildman–Crippen LogP) is 3.04. The maximum atomic E-state index is 12.6. The van der Waals surface area contributed by atoms with Crippen LogP contribution in [0.25, 0.3) is 0 Å². The Morgan fingerprint density at radius 2 is 1.93 bits per heavy atom. The average molecular weight is 260 g/mol. The van der Waals surface area contributed by atoms with Gasteiger partial charge in [-0.3, -0.25) is 4.90 Å². The zero-order valence-corrected chi connectivity index (χ0v) is 9.93. The van der Waals surface area contributed by atoms with E-state index in [1.54, 1.807) is 0 Å². The lowest BCUT2D eigenvalue weighted by atomic mass is 10.2. The van der Waals surface area contributed by atoms with Gasteiger partial charge in [-0.2, -0.15) is 0 Å². The average Bonchev–Trinajstić information content (AvgIpc) is 2.20. The van der Waals surface area contributed by atoms with Gasteiger partial charge in [-0.1, -0.05) is 35.0 Å². The van der Waals surface area contributed by atoms with Gasteiger partial charge >= 0.3 is 0 Å². The van der Waals surface area contributed by atoms with E-state index in [2.05, 4.69) is 27.8 Å². The molecular formula is C11H15BrFN. The number of hydrogen-bond acceptors (Lipinski definition) is 1. The summed E-state index contributed by atoms with van der Waals surface area (Å²) < 4.78 is 12.6. The monoisotopic (exact) mass is 259 g/mol. The fourth-order valence-corrected chi connectivity index (χ4v) is 1.82. The molecule has 0 aliphatic carbocycles. The lowest BCUT2D eigenvalue weighted by Crippen LogP contribution is -2.24. The summed E-state index contributed by atoms with van der Waals surface area (Å²) in [6.45, 7) is 5.06. The summed E-state index contributed by atoms with van der Waals surface area (Å²) in [6.07, 6.45) is 0. The zero-order chi connectivity index (χ0) is 10.4. The number of rotatable bonds is 5. The van der Waals surface area contributed by atoms with Gasteiger partial charge in [0.2, 0.25) is 0 Å². The van der Waals surface area contributed by atoms with Crippen LogP contribution in [0.2, 0.25) is 0 Å². The van der Waals surface area contributed by atoms with Crippen LogP contribution in [0, 0.1) is 5.82 Å². The van der Waals surface area contributed by atoms with Crippen LogP contribution < -0.4 is 0 Å². The van der Waals surface area contributed by atoms with Crippen molar-refractivity contribution in [1.82, 2.24) is 4.90 Å². The third-order valence-corrected chi connectivity index (χ3v) is 2.52. The van der Waals surface area contributed by atoms with Gasteiger partial charge in [0, 0.05) is 18.4 Å². The molecule has 0 N–H and O–H groups in total. The van der Waals surface area contributed by atoms with Crippen molar-refractivity contribution in [3.63, 3.8) is 0 Å². The van der Waals surface area contributed by atoms with E-state index in [1.165, 1.54) is 12.1 Å². The summed E-state index contributed by atoms with van der Waals surface area (Å²) in [4.78, 5) is 2.31. The summed E-state index contributed by atoms with van der Waals surface area (Å²) in [5.41, 5.74) is 1.16. The predicted molar refractivity (Wildman–Crippen MR) is 61.1 cm³/mol. The largest absolute Gasteiger partial charge is 0.299 e. The first-order valence-corrected chi connectivity index (χ1v) is 5.91. The molecule has 0 radical (unpaired) electrons. The van der Waals surface area contributed by atoms with Crippen LogP contribution in [0.1, 0.15) is 12.5 Å². The van der Waals surface area contributed by atoms with Gasteiger partial charge in [-0.15, -0.1) is 0 Å². The lowest BCUT2D eigenvalue weighted by Gasteiger charge is -2.18. The Hall–Kier alpha value is -0.410. The molecule has 0 aromatic heterocycles. The highest BCUT2D eigenvalue weighted by molar-refractivity contribution is 9.09. The fourth-order valence-electron chi connectivity index (χ4n) is 1.32. The minimum Gasteiger partial charge on any atom is -0.299 e. The number of alkyl halides is 1. The van der Waals surface area contributed by atoms with Crippen molar-refractivity contribution in [1.29, 1.82) is 0 Å². The van der Waals surface area contributed by atoms with Crippen LogP contribution in [-0.2, 0) is 6.54 Å². The standard InChI is InChI=1S/C11H15BrFN/c1-2-14(8-7-12)9-10-3-5-11(13)6-4-10/h3-6H,2,7-9H2,1H3. The molecule has 1 aromatic rings. The van der Waals surface area contributed by atoms with Crippen molar-refractivity contribution in [3.8, 4) is 0 Å². The molecule has 0 heterocycles. The van der Waals surface area contributed by atoms with Gasteiger partial charge in [-0.25, -0.2) is 4.39 Å². The summed E-state index contributed by atoms with van der Waals surface area (Å²) in [6, 6.07) is 6.70. The quantitative estimate of drug-likeness (QED) is 0.735. The molecule has 3 heteroatoms. The first-order chi connectivity index (χ1) is 6.76. The minimum atomic E-state index is -0.169. The molecule has 1 aromatic carbocycles. The molecule has 0 saturated heterocycles. The summed E-state index contributed by atoms with van der Waals surface area (Å²) >= 11 is 3.41. The second-order valence-electron chi connectivity index (χ2n) is 3.18. The molecule has 0 atom stereocenters. The van der Waals surface area contributed by atoms with Gasteiger partial charge in [0.25, 0.3) is 0 Å². The topological polar surface area (TPSA) is 3.24 Å². The van der Waals surface area contributed by atoms with Crippen molar-refractivity contribution in [2.45, 2.75) is 13.5 Å². The summed E-state index contributed by atoms with van der Waals surface area (Å²) in [7, 11) is 0. The van der Waals surface area contributed by atoms with Crippen LogP contribution in [0.5, 0.6) is 0 Å². The van der Waals surface area contributed by atoms with Crippen LogP contribution in [0.4, 0.5) is 4.39 Å². The highest BCUT2D eigenvalue weighted by Crippen LogP contribution is 2.06. The van der Waals surface area contributed by atoms with Crippen molar-refractivity contribution < 1.29 is 4.39 Å². The Labute approximate surface area is 93.0 Å². The van der Waals surface area contributed by atoms with E-state index in [0.29, 0.717) is 0 Å². The fraction of sp³-hybridized carbons (Fsp3) is 0.455. The molecule has 0 aliphatic rings. The SMILES string of the molecule is CCN(CCBr)Cc1ccc(F)cc1. The van der Waals surface area contributed by atoms with Crippen LogP contribution in [-0.4, -0.2) is 23.3 Å². The van der Waals surface area contributed by atoms with E-state index in [1.807, 2.05) is 12.1 Å². The van der Waals surface area contributed by atoms with Crippen molar-refractivity contribution in [3.05, 3.63) is 35.6 Å². The molecule has 1 nitrogen and oxygen atoms in total. The number of halogens is 2. The Balaban J connectivity index is 2.53. The maximum absolute atomic E-state index is 12.6. The third kappa shape index (κ3) is 3.76. The Kier molecular flexibility index (Phi) is 5.12. The zero-order valence-electron chi connectivity index (χ0n) is 8.34. The third-order valence-electron chi connectivity index (χ3n) is 2.17. The van der Waals surface area contributed by atoms with Crippen LogP contribution in [0.15, 0.2) is 24.3 Å². The maximum Gasteiger partial charge on any atom is 0.123 e. The minimum absolute atomic E-state index is 0.169. The highest BCUT2D eigenvalue weighted by Gasteiger charge is 2.02. The molecule has 0 spiro atoms. The van der Waals surface area contributed by atoms with E-state index in [-0.39, 0.29) is 5.82 Å². The molecule has 0 amide bonds. The second-order valence-corrected chi connectivity index (χ2v) is 3.98. The van der Waals surface area contributed by atoms with Gasteiger partial charge in [-0.05, 0) is 24.2 Å². The first kappa shape index (κ1) is 11.7. The number of nitrogens with zero attached hydrogens (tertiary/aromatic N) is 1. The van der Waals surface area contributed by atoms with Crippen LogP contribution in [0.3, 0.4) is 0 Å². The second kappa shape index (κ2) is 6.14. The van der Waals surface area contributed by atoms with E-state index >= 15 is 0 Å². The Morgan fingerprint density at radius 3 is 2.43 bits per heavy atom. The highest BCUT2D eigenvalue weighted by atomic mass is 79.9. The van der Waals surface area contributed by atoms with E-state index in [4.69, 9.17) is 0 Å². The molecule has 0 bridgehead atoms. The Morgan fingerprint density at radius 1 is 1.29 bits per heavy atom. The van der Waals surface area contributed by atoms with E-state index in [9.17, 15) is 4.39 Å².